The zero-order valence-electron chi connectivity index (χ0n) is 11.2. The number of aldehydes is 1. The first-order valence-electron chi connectivity index (χ1n) is 6.95. The molecule has 1 aliphatic carbocycles. The van der Waals surface area contributed by atoms with Gasteiger partial charge in [0, 0.05) is 13.0 Å². The lowest BCUT2D eigenvalue weighted by atomic mass is 9.87. The van der Waals surface area contributed by atoms with Crippen LogP contribution in [0.5, 0.6) is 0 Å². The van der Waals surface area contributed by atoms with Crippen molar-refractivity contribution in [2.45, 2.75) is 63.9 Å². The highest BCUT2D eigenvalue weighted by Crippen LogP contribution is 2.35. The average molecular weight is 256 g/mol. The van der Waals surface area contributed by atoms with E-state index in [-0.39, 0.29) is 6.42 Å². The molecule has 0 aromatic rings. The van der Waals surface area contributed by atoms with Crippen LogP contribution in [0.4, 0.5) is 0 Å². The van der Waals surface area contributed by atoms with Crippen LogP contribution in [0, 0.1) is 5.92 Å². The Kier molecular flexibility index (Phi) is 6.33. The normalized spacial score (nSPS) is 19.6. The van der Waals surface area contributed by atoms with Crippen LogP contribution in [0.15, 0.2) is 0 Å². The van der Waals surface area contributed by atoms with Gasteiger partial charge in [0.1, 0.15) is 6.29 Å². The minimum absolute atomic E-state index is 0.0391. The number of unbranched alkanes of at least 4 members (excludes halogenated alkanes) is 1. The summed E-state index contributed by atoms with van der Waals surface area (Å²) in [5.41, 5.74) is -1.29. The van der Waals surface area contributed by atoms with E-state index in [4.69, 9.17) is 4.74 Å². The van der Waals surface area contributed by atoms with Gasteiger partial charge in [-0.3, -0.25) is 0 Å². The van der Waals surface area contributed by atoms with Crippen molar-refractivity contribution in [1.82, 2.24) is 0 Å². The zero-order chi connectivity index (χ0) is 13.4. The molecule has 0 spiro atoms. The standard InChI is InChI=1S/C14H24O4/c1-2-3-10-18-14(8-9-15,13(16)17)11-12-6-4-5-7-12/h9,12H,2-8,10-11H2,1H3,(H,16,17). The minimum atomic E-state index is -1.29. The molecule has 4 nitrogen and oxygen atoms in total. The monoisotopic (exact) mass is 256 g/mol. The summed E-state index contributed by atoms with van der Waals surface area (Å²) in [6.45, 7) is 2.45. The SMILES string of the molecule is CCCCOC(CC=O)(CC1CCCC1)C(=O)O. The average Bonchev–Trinajstić information content (AvgIpc) is 2.82. The lowest BCUT2D eigenvalue weighted by Gasteiger charge is -2.30. The van der Waals surface area contributed by atoms with Gasteiger partial charge in [-0.05, 0) is 18.8 Å². The summed E-state index contributed by atoms with van der Waals surface area (Å²) in [5.74, 6) is -0.597. The Morgan fingerprint density at radius 2 is 2.11 bits per heavy atom. The number of rotatable bonds is 9. The Balaban J connectivity index is 2.67. The molecule has 1 fully saturated rings. The van der Waals surface area contributed by atoms with E-state index in [1.54, 1.807) is 0 Å². The molecule has 0 heterocycles. The van der Waals surface area contributed by atoms with Crippen molar-refractivity contribution in [2.75, 3.05) is 6.61 Å². The zero-order valence-corrected chi connectivity index (χ0v) is 11.2. The Bertz CT molecular complexity index is 271. The van der Waals surface area contributed by atoms with Gasteiger partial charge < -0.3 is 14.6 Å². The fourth-order valence-electron chi connectivity index (χ4n) is 2.66. The molecule has 0 saturated heterocycles. The van der Waals surface area contributed by atoms with E-state index in [0.29, 0.717) is 25.2 Å². The summed E-state index contributed by atoms with van der Waals surface area (Å²) in [6, 6.07) is 0. The lowest BCUT2D eigenvalue weighted by Crippen LogP contribution is -2.44. The van der Waals surface area contributed by atoms with Crippen LogP contribution in [0.25, 0.3) is 0 Å². The van der Waals surface area contributed by atoms with Gasteiger partial charge in [0.05, 0.1) is 0 Å². The van der Waals surface area contributed by atoms with Crippen molar-refractivity contribution in [2.24, 2.45) is 5.92 Å². The number of carbonyl (C=O) groups is 2. The molecule has 1 unspecified atom stereocenters. The van der Waals surface area contributed by atoms with E-state index < -0.39 is 11.6 Å². The molecule has 0 radical (unpaired) electrons. The van der Waals surface area contributed by atoms with Crippen molar-refractivity contribution in [3.63, 3.8) is 0 Å². The van der Waals surface area contributed by atoms with Crippen molar-refractivity contribution in [1.29, 1.82) is 0 Å². The molecule has 4 heteroatoms. The van der Waals surface area contributed by atoms with Crippen molar-refractivity contribution < 1.29 is 19.4 Å². The summed E-state index contributed by atoms with van der Waals surface area (Å²) in [6.07, 6.45) is 7.35. The highest BCUT2D eigenvalue weighted by Gasteiger charge is 2.41. The fourth-order valence-corrected chi connectivity index (χ4v) is 2.66. The van der Waals surface area contributed by atoms with Crippen LogP contribution in [0.2, 0.25) is 0 Å². The summed E-state index contributed by atoms with van der Waals surface area (Å²) >= 11 is 0. The smallest absolute Gasteiger partial charge is 0.336 e. The third kappa shape index (κ3) is 4.09. The largest absolute Gasteiger partial charge is 0.479 e. The highest BCUT2D eigenvalue weighted by atomic mass is 16.5. The molecule has 1 atom stereocenters. The minimum Gasteiger partial charge on any atom is -0.479 e. The number of aliphatic carboxylic acids is 1. The van der Waals surface area contributed by atoms with E-state index in [1.165, 1.54) is 0 Å². The molecular weight excluding hydrogens is 232 g/mol. The summed E-state index contributed by atoms with van der Waals surface area (Å²) in [7, 11) is 0. The second-order valence-electron chi connectivity index (χ2n) is 5.23. The second-order valence-corrected chi connectivity index (χ2v) is 5.23. The number of hydrogen-bond acceptors (Lipinski definition) is 3. The maximum atomic E-state index is 11.5. The van der Waals surface area contributed by atoms with E-state index >= 15 is 0 Å². The van der Waals surface area contributed by atoms with E-state index in [9.17, 15) is 14.7 Å². The molecule has 0 aromatic heterocycles. The van der Waals surface area contributed by atoms with E-state index in [1.807, 2.05) is 6.92 Å². The lowest BCUT2D eigenvalue weighted by molar-refractivity contribution is -0.171. The van der Waals surface area contributed by atoms with Crippen LogP contribution in [-0.4, -0.2) is 29.6 Å². The Morgan fingerprint density at radius 1 is 1.44 bits per heavy atom. The van der Waals surface area contributed by atoms with Gasteiger partial charge in [-0.25, -0.2) is 4.79 Å². The van der Waals surface area contributed by atoms with Crippen molar-refractivity contribution >= 4 is 12.3 Å². The Hall–Kier alpha value is -0.900. The summed E-state index contributed by atoms with van der Waals surface area (Å²) in [4.78, 5) is 22.3. The first-order valence-corrected chi connectivity index (χ1v) is 6.95. The fraction of sp³-hybridized carbons (Fsp3) is 0.857. The van der Waals surface area contributed by atoms with Crippen LogP contribution in [0.1, 0.15) is 58.3 Å². The van der Waals surface area contributed by atoms with Gasteiger partial charge in [-0.1, -0.05) is 39.0 Å². The molecular formula is C14H24O4. The van der Waals surface area contributed by atoms with Gasteiger partial charge in [0.2, 0.25) is 0 Å². The highest BCUT2D eigenvalue weighted by molar-refractivity contribution is 5.81. The molecule has 0 aromatic carbocycles. The third-order valence-electron chi connectivity index (χ3n) is 3.77. The van der Waals surface area contributed by atoms with Crippen LogP contribution < -0.4 is 0 Å². The summed E-state index contributed by atoms with van der Waals surface area (Å²) in [5, 5.41) is 9.43. The third-order valence-corrected chi connectivity index (χ3v) is 3.77. The quantitative estimate of drug-likeness (QED) is 0.509. The first kappa shape index (κ1) is 15.2. The summed E-state index contributed by atoms with van der Waals surface area (Å²) < 4.78 is 5.60. The Morgan fingerprint density at radius 3 is 2.61 bits per heavy atom. The van der Waals surface area contributed by atoms with Gasteiger partial charge in [-0.2, -0.15) is 0 Å². The number of carboxylic acids is 1. The first-order chi connectivity index (χ1) is 8.64. The molecule has 104 valence electrons. The van der Waals surface area contributed by atoms with Gasteiger partial charge in [0.25, 0.3) is 0 Å². The molecule has 1 saturated carbocycles. The molecule has 0 bridgehead atoms. The number of carboxylic acid groups (broad SMARTS) is 1. The van der Waals surface area contributed by atoms with E-state index in [2.05, 4.69) is 0 Å². The maximum Gasteiger partial charge on any atom is 0.336 e. The topological polar surface area (TPSA) is 63.6 Å². The van der Waals surface area contributed by atoms with Gasteiger partial charge in [0.15, 0.2) is 5.60 Å². The number of ether oxygens (including phenoxy) is 1. The van der Waals surface area contributed by atoms with Gasteiger partial charge >= 0.3 is 5.97 Å². The van der Waals surface area contributed by atoms with Crippen LogP contribution >= 0.6 is 0 Å². The predicted octanol–water partition coefficient (Wildman–Crippen LogP) is 2.80. The van der Waals surface area contributed by atoms with Gasteiger partial charge in [-0.15, -0.1) is 0 Å². The second kappa shape index (κ2) is 7.52. The Labute approximate surface area is 109 Å². The van der Waals surface area contributed by atoms with Crippen molar-refractivity contribution in [3.8, 4) is 0 Å². The molecule has 1 N–H and O–H groups in total. The van der Waals surface area contributed by atoms with E-state index in [0.717, 1.165) is 38.5 Å². The number of carbonyl (C=O) groups excluding carboxylic acids is 1. The van der Waals surface area contributed by atoms with Crippen LogP contribution in [-0.2, 0) is 14.3 Å². The van der Waals surface area contributed by atoms with Crippen LogP contribution in [0.3, 0.4) is 0 Å². The molecule has 0 aliphatic heterocycles. The predicted molar refractivity (Wildman–Crippen MR) is 68.5 cm³/mol. The van der Waals surface area contributed by atoms with Crippen molar-refractivity contribution in [3.05, 3.63) is 0 Å². The molecule has 18 heavy (non-hydrogen) atoms. The molecule has 1 aliphatic rings. The number of hydrogen-bond donors (Lipinski definition) is 1. The molecule has 1 rings (SSSR count). The maximum absolute atomic E-state index is 11.5. The molecule has 0 amide bonds.